The minimum atomic E-state index is -0.0801. The molecule has 0 aliphatic carbocycles. The lowest BCUT2D eigenvalue weighted by Gasteiger charge is -2.05. The van der Waals surface area contributed by atoms with Gasteiger partial charge in [0.05, 0.1) is 5.75 Å². The lowest BCUT2D eigenvalue weighted by molar-refractivity contribution is -0.113. The van der Waals surface area contributed by atoms with E-state index in [2.05, 4.69) is 32.4 Å². The standard InChI is InChI=1S/C17H17N5OS/c1-2-12-4-3-5-14(10-12)19-15(23)11-24-17-20-16(21-22-17)13-6-8-18-9-7-13/h3-10H,2,11H2,1H3,(H,19,23)(H,20,21,22). The van der Waals surface area contributed by atoms with Gasteiger partial charge in [-0.05, 0) is 36.2 Å². The zero-order chi connectivity index (χ0) is 16.8. The molecule has 0 aliphatic rings. The van der Waals surface area contributed by atoms with Crippen molar-refractivity contribution < 1.29 is 4.79 Å². The topological polar surface area (TPSA) is 83.6 Å². The van der Waals surface area contributed by atoms with Crippen LogP contribution in [0.5, 0.6) is 0 Å². The number of benzene rings is 1. The number of aromatic nitrogens is 4. The number of anilines is 1. The second-order valence-electron chi connectivity index (χ2n) is 5.09. The summed E-state index contributed by atoms with van der Waals surface area (Å²) in [6.45, 7) is 2.08. The van der Waals surface area contributed by atoms with Crippen molar-refractivity contribution in [2.75, 3.05) is 11.1 Å². The van der Waals surface area contributed by atoms with Crippen LogP contribution in [0.3, 0.4) is 0 Å². The molecule has 6 nitrogen and oxygen atoms in total. The van der Waals surface area contributed by atoms with Crippen LogP contribution < -0.4 is 5.32 Å². The first kappa shape index (κ1) is 16.2. The molecule has 0 atom stereocenters. The van der Waals surface area contributed by atoms with Crippen LogP contribution in [0.2, 0.25) is 0 Å². The van der Waals surface area contributed by atoms with Crippen molar-refractivity contribution in [3.8, 4) is 11.4 Å². The van der Waals surface area contributed by atoms with Crippen LogP contribution in [0.25, 0.3) is 11.4 Å². The molecule has 2 aromatic heterocycles. The quantitative estimate of drug-likeness (QED) is 0.674. The van der Waals surface area contributed by atoms with Crippen LogP contribution in [-0.4, -0.2) is 31.8 Å². The third-order valence-electron chi connectivity index (χ3n) is 3.37. The van der Waals surface area contributed by atoms with Crippen molar-refractivity contribution in [2.24, 2.45) is 0 Å². The van der Waals surface area contributed by atoms with Gasteiger partial charge in [0.15, 0.2) is 5.82 Å². The Morgan fingerprint density at radius 2 is 2.08 bits per heavy atom. The average Bonchev–Trinajstić information content (AvgIpc) is 3.10. The molecule has 7 heteroatoms. The van der Waals surface area contributed by atoms with Gasteiger partial charge < -0.3 is 5.32 Å². The predicted molar refractivity (Wildman–Crippen MR) is 94.8 cm³/mol. The van der Waals surface area contributed by atoms with Crippen molar-refractivity contribution >= 4 is 23.4 Å². The molecule has 0 unspecified atom stereocenters. The van der Waals surface area contributed by atoms with Gasteiger partial charge in [-0.3, -0.25) is 14.9 Å². The summed E-state index contributed by atoms with van der Waals surface area (Å²) in [5, 5.41) is 10.4. The number of amides is 1. The SMILES string of the molecule is CCc1cccc(NC(=O)CSc2n[nH]c(-c3ccncc3)n2)c1. The van der Waals surface area contributed by atoms with E-state index in [1.807, 2.05) is 36.4 Å². The predicted octanol–water partition coefficient (Wildman–Crippen LogP) is 3.16. The van der Waals surface area contributed by atoms with E-state index in [4.69, 9.17) is 0 Å². The minimum absolute atomic E-state index is 0.0801. The highest BCUT2D eigenvalue weighted by molar-refractivity contribution is 7.99. The van der Waals surface area contributed by atoms with Gasteiger partial charge in [-0.15, -0.1) is 5.10 Å². The number of carbonyl (C=O) groups is 1. The molecule has 0 spiro atoms. The van der Waals surface area contributed by atoms with Gasteiger partial charge in [-0.25, -0.2) is 4.98 Å². The van der Waals surface area contributed by atoms with Crippen LogP contribution in [0, 0.1) is 0 Å². The molecule has 1 aromatic carbocycles. The van der Waals surface area contributed by atoms with Crippen molar-refractivity contribution in [2.45, 2.75) is 18.5 Å². The smallest absolute Gasteiger partial charge is 0.234 e. The van der Waals surface area contributed by atoms with Crippen molar-refractivity contribution in [1.82, 2.24) is 20.2 Å². The van der Waals surface area contributed by atoms with Gasteiger partial charge in [0, 0.05) is 23.6 Å². The van der Waals surface area contributed by atoms with E-state index < -0.39 is 0 Å². The number of rotatable bonds is 6. The van der Waals surface area contributed by atoms with Gasteiger partial charge in [-0.1, -0.05) is 30.8 Å². The van der Waals surface area contributed by atoms with Gasteiger partial charge in [0.1, 0.15) is 0 Å². The fourth-order valence-electron chi connectivity index (χ4n) is 2.15. The molecule has 0 saturated carbocycles. The van der Waals surface area contributed by atoms with E-state index in [0.29, 0.717) is 11.0 Å². The number of aromatic amines is 1. The van der Waals surface area contributed by atoms with Gasteiger partial charge in [0.25, 0.3) is 0 Å². The molecule has 0 radical (unpaired) electrons. The third kappa shape index (κ3) is 4.20. The lowest BCUT2D eigenvalue weighted by atomic mass is 10.1. The number of carbonyl (C=O) groups excluding carboxylic acids is 1. The maximum absolute atomic E-state index is 12.1. The Morgan fingerprint density at radius 1 is 1.25 bits per heavy atom. The van der Waals surface area contributed by atoms with Crippen molar-refractivity contribution in [3.05, 3.63) is 54.4 Å². The number of H-pyrrole nitrogens is 1. The molecule has 1 amide bonds. The van der Waals surface area contributed by atoms with Gasteiger partial charge in [-0.2, -0.15) is 0 Å². The van der Waals surface area contributed by atoms with Crippen LogP contribution in [0.4, 0.5) is 5.69 Å². The molecular formula is C17H17N5OS. The molecule has 3 aromatic rings. The van der Waals surface area contributed by atoms with E-state index in [1.165, 1.54) is 17.3 Å². The van der Waals surface area contributed by atoms with Crippen LogP contribution in [0.1, 0.15) is 12.5 Å². The summed E-state index contributed by atoms with van der Waals surface area (Å²) in [5.41, 5.74) is 2.91. The summed E-state index contributed by atoms with van der Waals surface area (Å²) in [6.07, 6.45) is 4.33. The summed E-state index contributed by atoms with van der Waals surface area (Å²) in [6, 6.07) is 11.5. The Morgan fingerprint density at radius 3 is 2.88 bits per heavy atom. The average molecular weight is 339 g/mol. The van der Waals surface area contributed by atoms with E-state index in [9.17, 15) is 4.79 Å². The highest BCUT2D eigenvalue weighted by atomic mass is 32.2. The molecular weight excluding hydrogens is 322 g/mol. The Hall–Kier alpha value is -2.67. The maximum atomic E-state index is 12.1. The number of thioether (sulfide) groups is 1. The molecule has 2 heterocycles. The Labute approximate surface area is 144 Å². The normalized spacial score (nSPS) is 10.5. The highest BCUT2D eigenvalue weighted by Crippen LogP contribution is 2.19. The zero-order valence-corrected chi connectivity index (χ0v) is 14.0. The van der Waals surface area contributed by atoms with E-state index >= 15 is 0 Å². The lowest BCUT2D eigenvalue weighted by Crippen LogP contribution is -2.14. The summed E-state index contributed by atoms with van der Waals surface area (Å²) in [7, 11) is 0. The van der Waals surface area contributed by atoms with E-state index in [1.54, 1.807) is 12.4 Å². The van der Waals surface area contributed by atoms with E-state index in [-0.39, 0.29) is 11.7 Å². The number of nitrogens with one attached hydrogen (secondary N) is 2. The summed E-state index contributed by atoms with van der Waals surface area (Å²) in [4.78, 5) is 20.4. The largest absolute Gasteiger partial charge is 0.325 e. The molecule has 24 heavy (non-hydrogen) atoms. The van der Waals surface area contributed by atoms with Crippen molar-refractivity contribution in [3.63, 3.8) is 0 Å². The third-order valence-corrected chi connectivity index (χ3v) is 4.22. The van der Waals surface area contributed by atoms with Gasteiger partial charge in [0.2, 0.25) is 11.1 Å². The second kappa shape index (κ2) is 7.74. The fourth-order valence-corrected chi connectivity index (χ4v) is 2.74. The molecule has 122 valence electrons. The summed E-state index contributed by atoms with van der Waals surface area (Å²) >= 11 is 1.29. The Balaban J connectivity index is 1.56. The Bertz CT molecular complexity index is 819. The van der Waals surface area contributed by atoms with E-state index in [0.717, 1.165) is 17.7 Å². The number of pyridine rings is 1. The second-order valence-corrected chi connectivity index (χ2v) is 6.04. The van der Waals surface area contributed by atoms with Crippen LogP contribution in [0.15, 0.2) is 53.9 Å². The number of aryl methyl sites for hydroxylation is 1. The first-order valence-corrected chi connectivity index (χ1v) is 8.57. The maximum Gasteiger partial charge on any atom is 0.234 e. The Kier molecular flexibility index (Phi) is 5.22. The highest BCUT2D eigenvalue weighted by Gasteiger charge is 2.09. The summed E-state index contributed by atoms with van der Waals surface area (Å²) in [5.74, 6) is 0.837. The molecule has 0 saturated heterocycles. The number of hydrogen-bond donors (Lipinski definition) is 2. The molecule has 0 aliphatic heterocycles. The minimum Gasteiger partial charge on any atom is -0.325 e. The zero-order valence-electron chi connectivity index (χ0n) is 13.2. The molecule has 2 N–H and O–H groups in total. The first-order valence-electron chi connectivity index (χ1n) is 7.59. The molecule has 0 bridgehead atoms. The fraction of sp³-hybridized carbons (Fsp3) is 0.176. The first-order chi connectivity index (χ1) is 11.7. The number of hydrogen-bond acceptors (Lipinski definition) is 5. The monoisotopic (exact) mass is 339 g/mol. The molecule has 0 fully saturated rings. The van der Waals surface area contributed by atoms with Crippen LogP contribution >= 0.6 is 11.8 Å². The summed E-state index contributed by atoms with van der Waals surface area (Å²) < 4.78 is 0. The van der Waals surface area contributed by atoms with Gasteiger partial charge >= 0.3 is 0 Å². The number of nitrogens with zero attached hydrogens (tertiary/aromatic N) is 3. The molecule has 3 rings (SSSR count). The van der Waals surface area contributed by atoms with Crippen molar-refractivity contribution in [1.29, 1.82) is 0 Å². The van der Waals surface area contributed by atoms with Crippen LogP contribution in [-0.2, 0) is 11.2 Å².